The van der Waals surface area contributed by atoms with Crippen molar-refractivity contribution in [3.8, 4) is 0 Å². The van der Waals surface area contributed by atoms with Gasteiger partial charge in [0.25, 0.3) is 0 Å². The van der Waals surface area contributed by atoms with Crippen LogP contribution in [0.25, 0.3) is 0 Å². The van der Waals surface area contributed by atoms with Gasteiger partial charge in [0, 0.05) is 6.42 Å². The Morgan fingerprint density at radius 2 is 2.12 bits per heavy atom. The molecule has 0 aliphatic heterocycles. The first-order valence-corrected chi connectivity index (χ1v) is 2.85. The molecule has 0 aliphatic carbocycles. The number of carbonyl (C=O) groups excluding carboxylic acids is 1. The fourth-order valence-electron chi connectivity index (χ4n) is 0.476. The lowest BCUT2D eigenvalue weighted by Gasteiger charge is -1.90. The lowest BCUT2D eigenvalue weighted by atomic mass is 10.2. The zero-order valence-electron chi connectivity index (χ0n) is 5.02. The minimum Gasteiger partial charge on any atom is -0.370 e. The molecule has 2 nitrogen and oxygen atoms in total. The van der Waals surface area contributed by atoms with Gasteiger partial charge in [0.1, 0.15) is 0 Å². The van der Waals surface area contributed by atoms with Crippen LogP contribution in [0.15, 0.2) is 0 Å². The van der Waals surface area contributed by atoms with Crippen molar-refractivity contribution in [2.24, 2.45) is 5.73 Å². The van der Waals surface area contributed by atoms with Gasteiger partial charge in [-0.05, 0) is 6.42 Å². The van der Waals surface area contributed by atoms with Crippen LogP contribution in [0.1, 0.15) is 25.7 Å². The van der Waals surface area contributed by atoms with Gasteiger partial charge in [-0.15, -0.1) is 0 Å². The maximum atomic E-state index is 10.1. The summed E-state index contributed by atoms with van der Waals surface area (Å²) in [6.45, 7) is 3.63. The van der Waals surface area contributed by atoms with Crippen molar-refractivity contribution in [3.63, 3.8) is 0 Å². The molecule has 1 radical (unpaired) electrons. The first-order valence-electron chi connectivity index (χ1n) is 2.85. The largest absolute Gasteiger partial charge is 0.370 e. The third-order valence-corrected chi connectivity index (χ3v) is 0.923. The highest BCUT2D eigenvalue weighted by molar-refractivity contribution is 5.73. The van der Waals surface area contributed by atoms with Crippen molar-refractivity contribution in [2.45, 2.75) is 25.7 Å². The highest BCUT2D eigenvalue weighted by Crippen LogP contribution is 1.96. The normalized spacial score (nSPS) is 9.12. The summed E-state index contributed by atoms with van der Waals surface area (Å²) >= 11 is 0. The molecule has 0 rings (SSSR count). The number of hydrogen-bond donors (Lipinski definition) is 1. The fraction of sp³-hybridized carbons (Fsp3) is 0.667. The Morgan fingerprint density at radius 3 is 2.50 bits per heavy atom. The Hall–Kier alpha value is -0.530. The van der Waals surface area contributed by atoms with E-state index in [1.54, 1.807) is 0 Å². The summed E-state index contributed by atoms with van der Waals surface area (Å²) in [5.41, 5.74) is 4.87. The van der Waals surface area contributed by atoms with Gasteiger partial charge in [-0.3, -0.25) is 4.79 Å². The fourth-order valence-corrected chi connectivity index (χ4v) is 0.476. The number of carbonyl (C=O) groups is 1. The lowest BCUT2D eigenvalue weighted by molar-refractivity contribution is -0.118. The van der Waals surface area contributed by atoms with Crippen molar-refractivity contribution < 1.29 is 4.79 Å². The second kappa shape index (κ2) is 4.62. The molecule has 0 aliphatic rings. The van der Waals surface area contributed by atoms with Crippen LogP contribution in [0.4, 0.5) is 0 Å². The van der Waals surface area contributed by atoms with Crippen LogP contribution in [-0.2, 0) is 4.79 Å². The first kappa shape index (κ1) is 7.47. The van der Waals surface area contributed by atoms with Crippen molar-refractivity contribution in [1.82, 2.24) is 0 Å². The van der Waals surface area contributed by atoms with Gasteiger partial charge in [0.2, 0.25) is 5.91 Å². The van der Waals surface area contributed by atoms with Gasteiger partial charge in [0.05, 0.1) is 0 Å². The van der Waals surface area contributed by atoms with Crippen molar-refractivity contribution in [2.75, 3.05) is 0 Å². The molecule has 0 heterocycles. The number of rotatable bonds is 4. The smallest absolute Gasteiger partial charge is 0.217 e. The second-order valence-electron chi connectivity index (χ2n) is 1.78. The molecule has 0 aromatic carbocycles. The highest BCUT2D eigenvalue weighted by Gasteiger charge is 1.90. The monoisotopic (exact) mass is 114 g/mol. The molecule has 0 unspecified atom stereocenters. The Morgan fingerprint density at radius 1 is 1.50 bits per heavy atom. The Bertz CT molecular complexity index is 70.9. The van der Waals surface area contributed by atoms with Crippen molar-refractivity contribution in [3.05, 3.63) is 6.92 Å². The predicted octanol–water partition coefficient (Wildman–Crippen LogP) is 0.866. The SMILES string of the molecule is [CH2]CCCCC(N)=O. The minimum atomic E-state index is -0.210. The second-order valence-corrected chi connectivity index (χ2v) is 1.78. The van der Waals surface area contributed by atoms with E-state index in [-0.39, 0.29) is 5.91 Å². The third kappa shape index (κ3) is 5.47. The minimum absolute atomic E-state index is 0.210. The van der Waals surface area contributed by atoms with Gasteiger partial charge >= 0.3 is 0 Å². The average Bonchev–Trinajstić information content (AvgIpc) is 1.66. The summed E-state index contributed by atoms with van der Waals surface area (Å²) in [7, 11) is 0. The molecule has 0 aromatic heterocycles. The van der Waals surface area contributed by atoms with Crippen LogP contribution < -0.4 is 5.73 Å². The number of unbranched alkanes of at least 4 members (excludes halogenated alkanes) is 2. The van der Waals surface area contributed by atoms with Gasteiger partial charge in [-0.2, -0.15) is 0 Å². The van der Waals surface area contributed by atoms with E-state index in [0.29, 0.717) is 6.42 Å². The highest BCUT2D eigenvalue weighted by atomic mass is 16.1. The molecule has 2 N–H and O–H groups in total. The predicted molar refractivity (Wildman–Crippen MR) is 33.0 cm³/mol. The van der Waals surface area contributed by atoms with Crippen molar-refractivity contribution >= 4 is 5.91 Å². The van der Waals surface area contributed by atoms with Gasteiger partial charge in [-0.1, -0.05) is 19.8 Å². The standard InChI is InChI=1S/C6H12NO/c1-2-3-4-5-6(7)8/h1-5H2,(H2,7,8). The summed E-state index contributed by atoms with van der Waals surface area (Å²) in [6, 6.07) is 0. The first-order chi connectivity index (χ1) is 3.77. The van der Waals surface area contributed by atoms with Crippen molar-refractivity contribution in [1.29, 1.82) is 0 Å². The van der Waals surface area contributed by atoms with Crippen LogP contribution in [0.2, 0.25) is 0 Å². The van der Waals surface area contributed by atoms with Crippen LogP contribution in [0.5, 0.6) is 0 Å². The number of primary amides is 1. The maximum Gasteiger partial charge on any atom is 0.217 e. The van der Waals surface area contributed by atoms with E-state index in [2.05, 4.69) is 6.92 Å². The zero-order chi connectivity index (χ0) is 6.41. The Balaban J connectivity index is 2.82. The van der Waals surface area contributed by atoms with E-state index in [9.17, 15) is 4.79 Å². The molecule has 0 spiro atoms. The average molecular weight is 114 g/mol. The van der Waals surface area contributed by atoms with Gasteiger partial charge in [-0.25, -0.2) is 0 Å². The molecular weight excluding hydrogens is 102 g/mol. The molecule has 0 saturated carbocycles. The van der Waals surface area contributed by atoms with Crippen LogP contribution in [0.3, 0.4) is 0 Å². The number of hydrogen-bond acceptors (Lipinski definition) is 1. The molecule has 0 atom stereocenters. The molecule has 0 fully saturated rings. The number of amides is 1. The summed E-state index contributed by atoms with van der Waals surface area (Å²) < 4.78 is 0. The van der Waals surface area contributed by atoms with Crippen LogP contribution in [-0.4, -0.2) is 5.91 Å². The molecule has 8 heavy (non-hydrogen) atoms. The van der Waals surface area contributed by atoms with E-state index >= 15 is 0 Å². The molecular formula is C6H12NO. The van der Waals surface area contributed by atoms with E-state index < -0.39 is 0 Å². The van der Waals surface area contributed by atoms with E-state index in [4.69, 9.17) is 5.73 Å². The third-order valence-electron chi connectivity index (χ3n) is 0.923. The molecule has 1 amide bonds. The Kier molecular flexibility index (Phi) is 4.32. The quantitative estimate of drug-likeness (QED) is 0.541. The van der Waals surface area contributed by atoms with E-state index in [1.165, 1.54) is 0 Å². The molecule has 2 heteroatoms. The van der Waals surface area contributed by atoms with Gasteiger partial charge < -0.3 is 5.73 Å². The molecule has 0 aromatic rings. The molecule has 47 valence electrons. The Labute approximate surface area is 50.1 Å². The maximum absolute atomic E-state index is 10.1. The summed E-state index contributed by atoms with van der Waals surface area (Å²) in [5.74, 6) is -0.210. The van der Waals surface area contributed by atoms with Crippen LogP contribution in [0, 0.1) is 6.92 Å². The zero-order valence-corrected chi connectivity index (χ0v) is 5.02. The van der Waals surface area contributed by atoms with Crippen LogP contribution >= 0.6 is 0 Å². The van der Waals surface area contributed by atoms with E-state index in [0.717, 1.165) is 19.3 Å². The van der Waals surface area contributed by atoms with E-state index in [1.807, 2.05) is 0 Å². The summed E-state index contributed by atoms with van der Waals surface area (Å²) in [5, 5.41) is 0. The topological polar surface area (TPSA) is 43.1 Å². The summed E-state index contributed by atoms with van der Waals surface area (Å²) in [4.78, 5) is 10.1. The number of nitrogens with two attached hydrogens (primary N) is 1. The summed E-state index contributed by atoms with van der Waals surface area (Å²) in [6.07, 6.45) is 3.30. The molecule has 0 saturated heterocycles. The van der Waals surface area contributed by atoms with Gasteiger partial charge in [0.15, 0.2) is 0 Å². The molecule has 0 bridgehead atoms. The lowest BCUT2D eigenvalue weighted by Crippen LogP contribution is -2.09.